The molecule has 2 unspecified atom stereocenters. The van der Waals surface area contributed by atoms with E-state index in [0.29, 0.717) is 26.1 Å². The zero-order valence-corrected chi connectivity index (χ0v) is 13.7. The Balaban J connectivity index is 3.38. The molecule has 0 aliphatic carbocycles. The van der Waals surface area contributed by atoms with Crippen molar-refractivity contribution in [2.75, 3.05) is 39.6 Å². The van der Waals surface area contributed by atoms with Gasteiger partial charge in [0.2, 0.25) is 0 Å². The first-order chi connectivity index (χ1) is 11.5. The lowest BCUT2D eigenvalue weighted by Crippen LogP contribution is -2.24. The number of hydrogen-bond donors (Lipinski definition) is 2. The van der Waals surface area contributed by atoms with Crippen LogP contribution in [0.25, 0.3) is 0 Å². The lowest BCUT2D eigenvalue weighted by atomic mass is 10.3. The molecule has 2 atom stereocenters. The number of rotatable bonds is 15. The first-order valence-electron chi connectivity index (χ1n) is 7.59. The van der Waals surface area contributed by atoms with Gasteiger partial charge in [-0.1, -0.05) is 13.2 Å². The monoisotopic (exact) mass is 346 g/mol. The summed E-state index contributed by atoms with van der Waals surface area (Å²) in [5, 5.41) is 18.9. The van der Waals surface area contributed by atoms with E-state index in [1.165, 1.54) is 0 Å². The summed E-state index contributed by atoms with van der Waals surface area (Å²) in [6.07, 6.45) is 1.71. The summed E-state index contributed by atoms with van der Waals surface area (Å²) in [5.74, 6) is -1.18. The number of aliphatic hydroxyl groups is 2. The van der Waals surface area contributed by atoms with Crippen LogP contribution in [0.3, 0.4) is 0 Å². The Morgan fingerprint density at radius 2 is 1.17 bits per heavy atom. The summed E-state index contributed by atoms with van der Waals surface area (Å²) in [6.45, 7) is 7.20. The third-order valence-corrected chi connectivity index (χ3v) is 2.62. The summed E-state index contributed by atoms with van der Waals surface area (Å²) < 4.78 is 19.8. The molecule has 8 heteroatoms. The van der Waals surface area contributed by atoms with Crippen molar-refractivity contribution in [3.63, 3.8) is 0 Å². The van der Waals surface area contributed by atoms with Gasteiger partial charge in [-0.05, 0) is 12.8 Å². The van der Waals surface area contributed by atoms with Gasteiger partial charge in [-0.2, -0.15) is 0 Å². The van der Waals surface area contributed by atoms with Crippen molar-refractivity contribution in [1.29, 1.82) is 0 Å². The molecule has 138 valence electrons. The zero-order valence-electron chi connectivity index (χ0n) is 13.7. The predicted molar refractivity (Wildman–Crippen MR) is 85.2 cm³/mol. The Morgan fingerprint density at radius 3 is 1.50 bits per heavy atom. The van der Waals surface area contributed by atoms with Crippen LogP contribution in [0.2, 0.25) is 0 Å². The number of esters is 2. The summed E-state index contributed by atoms with van der Waals surface area (Å²) in [7, 11) is 0. The van der Waals surface area contributed by atoms with E-state index in [-0.39, 0.29) is 26.4 Å². The molecule has 0 amide bonds. The van der Waals surface area contributed by atoms with E-state index >= 15 is 0 Å². The van der Waals surface area contributed by atoms with E-state index in [4.69, 9.17) is 9.47 Å². The largest absolute Gasteiger partial charge is 0.460 e. The highest BCUT2D eigenvalue weighted by molar-refractivity contribution is 5.81. The Morgan fingerprint density at radius 1 is 0.792 bits per heavy atom. The lowest BCUT2D eigenvalue weighted by molar-refractivity contribution is -0.142. The maximum atomic E-state index is 10.8. The minimum absolute atomic E-state index is 0.0681. The van der Waals surface area contributed by atoms with Crippen molar-refractivity contribution in [1.82, 2.24) is 0 Å². The van der Waals surface area contributed by atoms with Crippen LogP contribution in [0, 0.1) is 0 Å². The normalized spacial score (nSPS) is 12.9. The summed E-state index contributed by atoms with van der Waals surface area (Å²) in [5.41, 5.74) is 0. The van der Waals surface area contributed by atoms with Crippen LogP contribution in [0.1, 0.15) is 12.8 Å². The fourth-order valence-corrected chi connectivity index (χ4v) is 1.42. The fraction of sp³-hybridized carbons (Fsp3) is 0.625. The molecule has 0 heterocycles. The van der Waals surface area contributed by atoms with Crippen molar-refractivity contribution in [3.8, 4) is 0 Å². The average molecular weight is 346 g/mol. The van der Waals surface area contributed by atoms with Gasteiger partial charge in [0.05, 0.1) is 13.2 Å². The van der Waals surface area contributed by atoms with E-state index < -0.39 is 24.1 Å². The van der Waals surface area contributed by atoms with Crippen molar-refractivity contribution < 1.29 is 38.7 Å². The van der Waals surface area contributed by atoms with Crippen molar-refractivity contribution >= 4 is 11.9 Å². The number of carbonyl (C=O) groups is 2. The smallest absolute Gasteiger partial charge is 0.330 e. The molecular weight excluding hydrogens is 320 g/mol. The minimum atomic E-state index is -0.876. The first kappa shape index (κ1) is 22.3. The van der Waals surface area contributed by atoms with Gasteiger partial charge >= 0.3 is 11.9 Å². The molecule has 0 fully saturated rings. The number of ether oxygens (including phenoxy) is 4. The van der Waals surface area contributed by atoms with E-state index in [1.54, 1.807) is 0 Å². The molecule has 0 spiro atoms. The van der Waals surface area contributed by atoms with Crippen LogP contribution in [0.4, 0.5) is 0 Å². The van der Waals surface area contributed by atoms with E-state index in [9.17, 15) is 19.8 Å². The second kappa shape index (κ2) is 14.8. The van der Waals surface area contributed by atoms with Crippen molar-refractivity contribution in [3.05, 3.63) is 25.3 Å². The van der Waals surface area contributed by atoms with Crippen LogP contribution in [0.15, 0.2) is 25.3 Å². The van der Waals surface area contributed by atoms with E-state index in [0.717, 1.165) is 12.2 Å². The molecule has 2 N–H and O–H groups in total. The minimum Gasteiger partial charge on any atom is -0.460 e. The van der Waals surface area contributed by atoms with Gasteiger partial charge in [0, 0.05) is 25.4 Å². The Labute approximate surface area is 141 Å². The van der Waals surface area contributed by atoms with Crippen LogP contribution >= 0.6 is 0 Å². The molecule has 0 aromatic carbocycles. The molecular formula is C16H26O8. The van der Waals surface area contributed by atoms with Crippen LogP contribution in [-0.2, 0) is 28.5 Å². The molecule has 0 saturated heterocycles. The standard InChI is InChI=1S/C16H26O8/c1-3-15(19)23-11-13(17)9-21-7-5-6-8-22-10-14(18)12-24-16(20)4-2/h3-4,13-14,17-18H,1-2,5-12H2. The molecule has 0 radical (unpaired) electrons. The number of unbranched alkanes of at least 4 members (excludes halogenated alkanes) is 1. The molecule has 0 bridgehead atoms. The van der Waals surface area contributed by atoms with Gasteiger partial charge in [-0.25, -0.2) is 9.59 Å². The van der Waals surface area contributed by atoms with Gasteiger partial charge in [-0.15, -0.1) is 0 Å². The lowest BCUT2D eigenvalue weighted by Gasteiger charge is -2.12. The molecule has 0 aromatic rings. The second-order valence-corrected chi connectivity index (χ2v) is 4.83. The number of aliphatic hydroxyl groups excluding tert-OH is 2. The highest BCUT2D eigenvalue weighted by Crippen LogP contribution is 1.96. The van der Waals surface area contributed by atoms with Crippen LogP contribution in [-0.4, -0.2) is 74.0 Å². The SMILES string of the molecule is C=CC(=O)OCC(O)COCCCCOCC(O)COC(=O)C=C. The maximum Gasteiger partial charge on any atom is 0.330 e. The van der Waals surface area contributed by atoms with Gasteiger partial charge < -0.3 is 29.2 Å². The third kappa shape index (κ3) is 13.9. The third-order valence-electron chi connectivity index (χ3n) is 2.62. The van der Waals surface area contributed by atoms with Gasteiger partial charge in [0.1, 0.15) is 25.4 Å². The van der Waals surface area contributed by atoms with Crippen LogP contribution < -0.4 is 0 Å². The Kier molecular flexibility index (Phi) is 13.8. The average Bonchev–Trinajstić information content (AvgIpc) is 2.59. The molecule has 0 aromatic heterocycles. The molecule has 0 rings (SSSR count). The molecule has 0 aliphatic heterocycles. The first-order valence-corrected chi connectivity index (χ1v) is 7.59. The molecule has 0 aliphatic rings. The van der Waals surface area contributed by atoms with E-state index in [2.05, 4.69) is 22.6 Å². The van der Waals surface area contributed by atoms with E-state index in [1.807, 2.05) is 0 Å². The Bertz CT molecular complexity index is 346. The summed E-state index contributed by atoms with van der Waals surface area (Å²) in [6, 6.07) is 0. The summed E-state index contributed by atoms with van der Waals surface area (Å²) >= 11 is 0. The Hall–Kier alpha value is -1.74. The quantitative estimate of drug-likeness (QED) is 0.242. The summed E-state index contributed by atoms with van der Waals surface area (Å²) in [4.78, 5) is 21.6. The zero-order chi connectivity index (χ0) is 18.2. The highest BCUT2D eigenvalue weighted by atomic mass is 16.6. The number of hydrogen-bond acceptors (Lipinski definition) is 8. The molecule has 0 saturated carbocycles. The maximum absolute atomic E-state index is 10.8. The highest BCUT2D eigenvalue weighted by Gasteiger charge is 2.08. The van der Waals surface area contributed by atoms with Crippen LogP contribution in [0.5, 0.6) is 0 Å². The molecule has 8 nitrogen and oxygen atoms in total. The van der Waals surface area contributed by atoms with Crippen molar-refractivity contribution in [2.24, 2.45) is 0 Å². The van der Waals surface area contributed by atoms with Gasteiger partial charge in [-0.3, -0.25) is 0 Å². The van der Waals surface area contributed by atoms with Gasteiger partial charge in [0.15, 0.2) is 0 Å². The van der Waals surface area contributed by atoms with Crippen molar-refractivity contribution in [2.45, 2.75) is 25.0 Å². The van der Waals surface area contributed by atoms with Gasteiger partial charge in [0.25, 0.3) is 0 Å². The molecule has 24 heavy (non-hydrogen) atoms. The fourth-order valence-electron chi connectivity index (χ4n) is 1.42. The topological polar surface area (TPSA) is 112 Å². The number of carbonyl (C=O) groups excluding carboxylic acids is 2. The second-order valence-electron chi connectivity index (χ2n) is 4.83. The predicted octanol–water partition coefficient (Wildman–Crippen LogP) is -0.0200.